The van der Waals surface area contributed by atoms with Gasteiger partial charge in [-0.15, -0.1) is 11.8 Å². The maximum atomic E-state index is 12.2. The minimum Gasteiger partial charge on any atom is -0.398 e. The average molecular weight is 329 g/mol. The Hall–Kier alpha value is -0.720. The number of hydrogen-bond acceptors (Lipinski definition) is 4. The van der Waals surface area contributed by atoms with E-state index in [-0.39, 0.29) is 0 Å². The molecule has 2 rings (SSSR count). The van der Waals surface area contributed by atoms with E-state index in [0.717, 1.165) is 10.8 Å². The summed E-state index contributed by atoms with van der Waals surface area (Å²) in [5.74, 6) is 0.742. The second-order valence-corrected chi connectivity index (χ2v) is 9.49. The van der Waals surface area contributed by atoms with Crippen LogP contribution in [0.3, 0.4) is 0 Å². The van der Waals surface area contributed by atoms with Gasteiger partial charge in [0, 0.05) is 29.9 Å². The number of nitrogen functional groups attached to an aromatic ring is 1. The Morgan fingerprint density at radius 2 is 2.00 bits per heavy atom. The largest absolute Gasteiger partial charge is 0.398 e. The molecule has 2 N–H and O–H groups in total. The van der Waals surface area contributed by atoms with Gasteiger partial charge in [0.2, 0.25) is 10.0 Å². The Morgan fingerprint density at radius 1 is 1.29 bits per heavy atom. The number of nitrogens with two attached hydrogens (primary N) is 1. The van der Waals surface area contributed by atoms with E-state index in [4.69, 9.17) is 5.73 Å². The van der Waals surface area contributed by atoms with Gasteiger partial charge in [-0.2, -0.15) is 0 Å². The molecule has 21 heavy (non-hydrogen) atoms. The van der Waals surface area contributed by atoms with E-state index in [1.165, 1.54) is 30.0 Å². The van der Waals surface area contributed by atoms with E-state index >= 15 is 0 Å². The standard InChI is InChI=1S/C15H24N2O2S2/c1-11-5-4-6-12(9-11)20-15-10-13(7-8-14(15)16)21(18,19)17(2)3/h7-8,10-12H,4-6,9,16H2,1-3H3. The van der Waals surface area contributed by atoms with E-state index in [9.17, 15) is 8.42 Å². The van der Waals surface area contributed by atoms with E-state index in [2.05, 4.69) is 6.92 Å². The molecule has 1 aromatic rings. The summed E-state index contributed by atoms with van der Waals surface area (Å²) in [6.45, 7) is 2.28. The molecule has 0 aromatic heterocycles. The Morgan fingerprint density at radius 3 is 2.62 bits per heavy atom. The van der Waals surface area contributed by atoms with Gasteiger partial charge in [-0.25, -0.2) is 12.7 Å². The van der Waals surface area contributed by atoms with Crippen molar-refractivity contribution in [2.75, 3.05) is 19.8 Å². The number of hydrogen-bond donors (Lipinski definition) is 1. The molecule has 4 nitrogen and oxygen atoms in total. The lowest BCUT2D eigenvalue weighted by Crippen LogP contribution is -2.22. The summed E-state index contributed by atoms with van der Waals surface area (Å²) in [4.78, 5) is 1.20. The summed E-state index contributed by atoms with van der Waals surface area (Å²) in [6.07, 6.45) is 4.89. The molecule has 0 aliphatic heterocycles. The fraction of sp³-hybridized carbons (Fsp3) is 0.600. The van der Waals surface area contributed by atoms with Gasteiger partial charge >= 0.3 is 0 Å². The Labute approximate surface area is 132 Å². The van der Waals surface area contributed by atoms with Crippen molar-refractivity contribution in [3.8, 4) is 0 Å². The molecule has 0 saturated heterocycles. The third kappa shape index (κ3) is 3.93. The maximum Gasteiger partial charge on any atom is 0.242 e. The van der Waals surface area contributed by atoms with Crippen molar-refractivity contribution < 1.29 is 8.42 Å². The topological polar surface area (TPSA) is 63.4 Å². The lowest BCUT2D eigenvalue weighted by atomic mass is 9.91. The molecule has 0 heterocycles. The molecule has 2 unspecified atom stereocenters. The first-order valence-corrected chi connectivity index (χ1v) is 9.61. The molecular weight excluding hydrogens is 304 g/mol. The van der Waals surface area contributed by atoms with Gasteiger partial charge < -0.3 is 5.73 Å². The third-order valence-electron chi connectivity index (χ3n) is 3.95. The minimum absolute atomic E-state index is 0.313. The summed E-state index contributed by atoms with van der Waals surface area (Å²) in [7, 11) is -0.317. The lowest BCUT2D eigenvalue weighted by molar-refractivity contribution is 0.394. The van der Waals surface area contributed by atoms with Crippen LogP contribution in [0, 0.1) is 5.92 Å². The molecule has 6 heteroatoms. The molecular formula is C15H24N2O2S2. The van der Waals surface area contributed by atoms with Crippen LogP contribution in [0.2, 0.25) is 0 Å². The number of rotatable bonds is 4. The average Bonchev–Trinajstić information content (AvgIpc) is 2.41. The number of benzene rings is 1. The van der Waals surface area contributed by atoms with Gasteiger partial charge in [0.1, 0.15) is 0 Å². The van der Waals surface area contributed by atoms with Crippen LogP contribution in [-0.4, -0.2) is 32.1 Å². The van der Waals surface area contributed by atoms with Crippen molar-refractivity contribution in [1.82, 2.24) is 4.31 Å². The summed E-state index contributed by atoms with van der Waals surface area (Å²) < 4.78 is 25.7. The fourth-order valence-electron chi connectivity index (χ4n) is 2.65. The highest BCUT2D eigenvalue weighted by atomic mass is 32.2. The lowest BCUT2D eigenvalue weighted by Gasteiger charge is -2.26. The first kappa shape index (κ1) is 16.6. The molecule has 118 valence electrons. The zero-order valence-electron chi connectivity index (χ0n) is 12.9. The summed E-state index contributed by atoms with van der Waals surface area (Å²) >= 11 is 1.73. The Balaban J connectivity index is 2.24. The van der Waals surface area contributed by atoms with E-state index in [1.54, 1.807) is 44.1 Å². The molecule has 0 bridgehead atoms. The SMILES string of the molecule is CC1CCCC(Sc2cc(S(=O)(=O)N(C)C)ccc2N)C1. The summed E-state index contributed by atoms with van der Waals surface area (Å²) in [5, 5.41) is 0.536. The van der Waals surface area contributed by atoms with E-state index < -0.39 is 10.0 Å². The van der Waals surface area contributed by atoms with E-state index in [1.807, 2.05) is 0 Å². The predicted octanol–water partition coefficient (Wildman–Crippen LogP) is 3.19. The predicted molar refractivity (Wildman–Crippen MR) is 89.0 cm³/mol. The van der Waals surface area contributed by atoms with Crippen LogP contribution < -0.4 is 5.73 Å². The minimum atomic E-state index is -3.40. The normalized spacial score (nSPS) is 23.4. The molecule has 1 aliphatic rings. The van der Waals surface area contributed by atoms with Crippen LogP contribution in [0.5, 0.6) is 0 Å². The number of sulfonamides is 1. The molecule has 1 aromatic carbocycles. The molecule has 0 spiro atoms. The summed E-state index contributed by atoms with van der Waals surface area (Å²) in [5.41, 5.74) is 6.69. The molecule has 0 radical (unpaired) electrons. The highest BCUT2D eigenvalue weighted by Gasteiger charge is 2.23. The Kier molecular flexibility index (Phi) is 5.22. The van der Waals surface area contributed by atoms with Crippen molar-refractivity contribution in [3.05, 3.63) is 18.2 Å². The second-order valence-electron chi connectivity index (χ2n) is 6.00. The quantitative estimate of drug-likeness (QED) is 0.862. The van der Waals surface area contributed by atoms with Gasteiger partial charge in [0.15, 0.2) is 0 Å². The van der Waals surface area contributed by atoms with Gasteiger partial charge in [-0.1, -0.05) is 19.8 Å². The van der Waals surface area contributed by atoms with Crippen LogP contribution in [0.15, 0.2) is 28.0 Å². The maximum absolute atomic E-state index is 12.2. The zero-order chi connectivity index (χ0) is 15.6. The highest BCUT2D eigenvalue weighted by molar-refractivity contribution is 8.00. The van der Waals surface area contributed by atoms with Gasteiger partial charge in [-0.3, -0.25) is 0 Å². The molecule has 2 atom stereocenters. The molecule has 1 aliphatic carbocycles. The number of thioether (sulfide) groups is 1. The number of anilines is 1. The zero-order valence-corrected chi connectivity index (χ0v) is 14.5. The smallest absolute Gasteiger partial charge is 0.242 e. The highest BCUT2D eigenvalue weighted by Crippen LogP contribution is 2.39. The van der Waals surface area contributed by atoms with Crippen molar-refractivity contribution in [1.29, 1.82) is 0 Å². The molecule has 1 saturated carbocycles. The first-order chi connectivity index (χ1) is 9.80. The van der Waals surface area contributed by atoms with Crippen LogP contribution >= 0.6 is 11.8 Å². The first-order valence-electron chi connectivity index (χ1n) is 7.29. The Bertz CT molecular complexity index is 600. The number of nitrogens with zero attached hydrogens (tertiary/aromatic N) is 1. The van der Waals surface area contributed by atoms with Crippen LogP contribution in [0.4, 0.5) is 5.69 Å². The van der Waals surface area contributed by atoms with Crippen molar-refractivity contribution in [3.63, 3.8) is 0 Å². The van der Waals surface area contributed by atoms with Gasteiger partial charge in [0.05, 0.1) is 4.90 Å². The molecule has 0 amide bonds. The van der Waals surface area contributed by atoms with E-state index in [0.29, 0.717) is 15.8 Å². The van der Waals surface area contributed by atoms with Gasteiger partial charge in [0.25, 0.3) is 0 Å². The fourth-order valence-corrected chi connectivity index (χ4v) is 5.12. The van der Waals surface area contributed by atoms with Gasteiger partial charge in [-0.05, 0) is 37.0 Å². The van der Waals surface area contributed by atoms with Crippen LogP contribution in [0.25, 0.3) is 0 Å². The third-order valence-corrected chi connectivity index (χ3v) is 7.13. The van der Waals surface area contributed by atoms with Crippen LogP contribution in [-0.2, 0) is 10.0 Å². The van der Waals surface area contributed by atoms with Crippen molar-refractivity contribution in [2.24, 2.45) is 5.92 Å². The monoisotopic (exact) mass is 328 g/mol. The van der Waals surface area contributed by atoms with Crippen molar-refractivity contribution >= 4 is 27.5 Å². The molecule has 1 fully saturated rings. The van der Waals surface area contributed by atoms with Crippen LogP contribution in [0.1, 0.15) is 32.6 Å². The second kappa shape index (κ2) is 6.58. The summed E-state index contributed by atoms with van der Waals surface area (Å²) in [6, 6.07) is 5.00. The van der Waals surface area contributed by atoms with Crippen molar-refractivity contribution in [2.45, 2.75) is 47.6 Å².